The molecule has 2 nitrogen and oxygen atoms in total. The van der Waals surface area contributed by atoms with Crippen LogP contribution in [0, 0.1) is 0 Å². The van der Waals surface area contributed by atoms with Crippen LogP contribution in [0.15, 0.2) is 70.7 Å². The second-order valence-corrected chi connectivity index (χ2v) is 5.42. The molecule has 5 rings (SSSR count). The third-order valence-corrected chi connectivity index (χ3v) is 4.27. The summed E-state index contributed by atoms with van der Waals surface area (Å²) in [5.74, 6) is 0. The fourth-order valence-electron chi connectivity index (χ4n) is 3.37. The van der Waals surface area contributed by atoms with Gasteiger partial charge in [-0.1, -0.05) is 60.7 Å². The van der Waals surface area contributed by atoms with Gasteiger partial charge in [-0.3, -0.25) is 9.98 Å². The normalized spacial score (nSPS) is 25.2. The lowest BCUT2D eigenvalue weighted by molar-refractivity contribution is 0.698. The quantitative estimate of drug-likeness (QED) is 0.691. The van der Waals surface area contributed by atoms with E-state index >= 15 is 0 Å². The summed E-state index contributed by atoms with van der Waals surface area (Å²) < 4.78 is 0. The molecule has 0 saturated carbocycles. The Labute approximate surface area is 116 Å². The largest absolute Gasteiger partial charge is 0.272 e. The number of allylic oxidation sites excluding steroid dienone is 2. The van der Waals surface area contributed by atoms with E-state index in [1.165, 1.54) is 21.9 Å². The third kappa shape index (κ3) is 1.19. The van der Waals surface area contributed by atoms with E-state index < -0.39 is 0 Å². The maximum absolute atomic E-state index is 4.95. The van der Waals surface area contributed by atoms with Crippen molar-refractivity contribution in [1.29, 1.82) is 0 Å². The van der Waals surface area contributed by atoms with Gasteiger partial charge in [0.15, 0.2) is 0 Å². The second kappa shape index (κ2) is 3.54. The van der Waals surface area contributed by atoms with Gasteiger partial charge < -0.3 is 0 Å². The Morgan fingerprint density at radius 1 is 0.700 bits per heavy atom. The number of aliphatic imine (C=N–C) groups is 2. The number of fused-ring (bicyclic) bond motifs is 4. The van der Waals surface area contributed by atoms with E-state index in [4.69, 9.17) is 9.98 Å². The predicted molar refractivity (Wildman–Crippen MR) is 82.9 cm³/mol. The van der Waals surface area contributed by atoms with E-state index in [0.717, 1.165) is 11.4 Å². The lowest BCUT2D eigenvalue weighted by atomic mass is 9.99. The number of hydrogen-bond acceptors (Lipinski definition) is 2. The van der Waals surface area contributed by atoms with E-state index in [2.05, 4.69) is 60.7 Å². The summed E-state index contributed by atoms with van der Waals surface area (Å²) in [6.45, 7) is 0. The third-order valence-electron chi connectivity index (χ3n) is 4.27. The minimum absolute atomic E-state index is 0.156. The van der Waals surface area contributed by atoms with Crippen LogP contribution >= 0.6 is 0 Å². The monoisotopic (exact) mass is 256 g/mol. The second-order valence-electron chi connectivity index (χ2n) is 5.42. The lowest BCUT2D eigenvalue weighted by Crippen LogP contribution is -2.30. The van der Waals surface area contributed by atoms with E-state index in [9.17, 15) is 0 Å². The highest BCUT2D eigenvalue weighted by molar-refractivity contribution is 6.61. The zero-order valence-corrected chi connectivity index (χ0v) is 10.8. The van der Waals surface area contributed by atoms with Gasteiger partial charge in [-0.05, 0) is 5.39 Å². The van der Waals surface area contributed by atoms with Gasteiger partial charge in [0.25, 0.3) is 0 Å². The number of hydrogen-bond donors (Lipinski definition) is 0. The van der Waals surface area contributed by atoms with Crippen molar-refractivity contribution in [1.82, 2.24) is 0 Å². The summed E-state index contributed by atoms with van der Waals surface area (Å²) in [5, 5.41) is 2.58. The summed E-state index contributed by atoms with van der Waals surface area (Å²) in [6, 6.07) is 13.2. The molecule has 0 amide bonds. The molecule has 20 heavy (non-hydrogen) atoms. The maximum atomic E-state index is 4.95. The van der Waals surface area contributed by atoms with Crippen molar-refractivity contribution in [2.24, 2.45) is 9.98 Å². The minimum atomic E-state index is 0.156. The molecule has 0 saturated heterocycles. The molecule has 2 heteroatoms. The molecular formula is C18H12N2. The summed E-state index contributed by atoms with van der Waals surface area (Å²) in [6.07, 6.45) is 8.41. The molecule has 2 aromatic rings. The van der Waals surface area contributed by atoms with Crippen molar-refractivity contribution < 1.29 is 0 Å². The Balaban J connectivity index is 1.86. The number of rotatable bonds is 0. The molecule has 0 bridgehead atoms. The first-order chi connectivity index (χ1) is 9.92. The molecule has 2 unspecified atom stereocenters. The van der Waals surface area contributed by atoms with Crippen molar-refractivity contribution >= 4 is 22.2 Å². The fraction of sp³-hybridized carbons (Fsp3) is 0.111. The molecule has 94 valence electrons. The summed E-state index contributed by atoms with van der Waals surface area (Å²) in [7, 11) is 0. The van der Waals surface area contributed by atoms with E-state index in [-0.39, 0.29) is 12.1 Å². The first kappa shape index (κ1) is 10.3. The minimum Gasteiger partial charge on any atom is -0.272 e. The van der Waals surface area contributed by atoms with Gasteiger partial charge in [-0.25, -0.2) is 0 Å². The van der Waals surface area contributed by atoms with Gasteiger partial charge in [0.05, 0.1) is 23.5 Å². The number of benzene rings is 2. The average Bonchev–Trinajstić information content (AvgIpc) is 2.82. The average molecular weight is 256 g/mol. The summed E-state index contributed by atoms with van der Waals surface area (Å²) in [5.41, 5.74) is 4.60. The van der Waals surface area contributed by atoms with Crippen molar-refractivity contribution in [3.8, 4) is 0 Å². The zero-order valence-electron chi connectivity index (χ0n) is 10.8. The van der Waals surface area contributed by atoms with Crippen molar-refractivity contribution in [3.63, 3.8) is 0 Å². The van der Waals surface area contributed by atoms with Gasteiger partial charge in [0.1, 0.15) is 0 Å². The molecule has 0 radical (unpaired) electrons. The first-order valence-corrected chi connectivity index (χ1v) is 6.95. The topological polar surface area (TPSA) is 24.7 Å². The molecule has 2 atom stereocenters. The fourth-order valence-corrected chi connectivity index (χ4v) is 3.37. The molecule has 2 aliphatic carbocycles. The van der Waals surface area contributed by atoms with E-state index in [0.29, 0.717) is 0 Å². The molecule has 1 heterocycles. The van der Waals surface area contributed by atoms with Crippen LogP contribution in [0.25, 0.3) is 10.8 Å². The standard InChI is InChI=1S/C18H12N2/c1-2-10-15-14(9-1)19-17-12-7-3-5-11-6-4-8-13(16(11)12)18(17)20-15/h1-10,14-15H. The van der Waals surface area contributed by atoms with Crippen LogP contribution < -0.4 is 0 Å². The molecule has 0 aromatic heterocycles. The van der Waals surface area contributed by atoms with Crippen LogP contribution in [0.5, 0.6) is 0 Å². The van der Waals surface area contributed by atoms with Gasteiger partial charge in [-0.2, -0.15) is 0 Å². The Morgan fingerprint density at radius 3 is 1.80 bits per heavy atom. The van der Waals surface area contributed by atoms with Gasteiger partial charge in [-0.15, -0.1) is 0 Å². The van der Waals surface area contributed by atoms with E-state index in [1.54, 1.807) is 0 Å². The zero-order chi connectivity index (χ0) is 13.1. The van der Waals surface area contributed by atoms with E-state index in [1.807, 2.05) is 0 Å². The van der Waals surface area contributed by atoms with Gasteiger partial charge >= 0.3 is 0 Å². The van der Waals surface area contributed by atoms with Crippen LogP contribution in [-0.2, 0) is 0 Å². The SMILES string of the molecule is C1=CC2N=C3C(=NC2C=C1)c1cccc2cccc3c12. The molecule has 0 spiro atoms. The van der Waals surface area contributed by atoms with Gasteiger partial charge in [0.2, 0.25) is 0 Å². The van der Waals surface area contributed by atoms with Crippen molar-refractivity contribution in [2.75, 3.05) is 0 Å². The Kier molecular flexibility index (Phi) is 1.83. The molecular weight excluding hydrogens is 244 g/mol. The van der Waals surface area contributed by atoms with Crippen LogP contribution in [0.1, 0.15) is 11.1 Å². The molecule has 0 N–H and O–H groups in total. The van der Waals surface area contributed by atoms with Crippen LogP contribution in [0.2, 0.25) is 0 Å². The highest BCUT2D eigenvalue weighted by Gasteiger charge is 2.33. The molecule has 2 aromatic carbocycles. The first-order valence-electron chi connectivity index (χ1n) is 6.95. The Bertz CT molecular complexity index is 799. The van der Waals surface area contributed by atoms with Crippen LogP contribution in [0.3, 0.4) is 0 Å². The lowest BCUT2D eigenvalue weighted by Gasteiger charge is -2.23. The van der Waals surface area contributed by atoms with Crippen molar-refractivity contribution in [3.05, 3.63) is 71.8 Å². The maximum Gasteiger partial charge on any atom is 0.0950 e. The van der Waals surface area contributed by atoms with Crippen molar-refractivity contribution in [2.45, 2.75) is 12.1 Å². The van der Waals surface area contributed by atoms with Crippen LogP contribution in [0.4, 0.5) is 0 Å². The molecule has 3 aliphatic rings. The van der Waals surface area contributed by atoms with Crippen LogP contribution in [-0.4, -0.2) is 23.5 Å². The molecule has 0 fully saturated rings. The predicted octanol–water partition coefficient (Wildman–Crippen LogP) is 3.31. The highest BCUT2D eigenvalue weighted by atomic mass is 15.0. The molecule has 1 aliphatic heterocycles. The summed E-state index contributed by atoms with van der Waals surface area (Å²) in [4.78, 5) is 9.91. The van der Waals surface area contributed by atoms with Gasteiger partial charge in [0, 0.05) is 16.5 Å². The Hall–Kier alpha value is -2.48. The smallest absolute Gasteiger partial charge is 0.0950 e. The number of nitrogens with zero attached hydrogens (tertiary/aromatic N) is 2. The summed E-state index contributed by atoms with van der Waals surface area (Å²) >= 11 is 0. The highest BCUT2D eigenvalue weighted by Crippen LogP contribution is 2.34. The Morgan fingerprint density at radius 2 is 1.25 bits per heavy atom.